The molecule has 4 N–H and O–H groups in total. The molecule has 1 aromatic carbocycles. The molecular formula is C27H32F2N4O4. The minimum atomic E-state index is -2.70. The van der Waals surface area contributed by atoms with E-state index < -0.39 is 29.8 Å². The van der Waals surface area contributed by atoms with Crippen LogP contribution in [0.25, 0.3) is 10.9 Å². The summed E-state index contributed by atoms with van der Waals surface area (Å²) in [5.74, 6) is -1.13. The minimum absolute atomic E-state index is 0.100. The van der Waals surface area contributed by atoms with Crippen LogP contribution in [0.3, 0.4) is 0 Å². The van der Waals surface area contributed by atoms with Crippen molar-refractivity contribution in [1.29, 1.82) is 0 Å². The third-order valence-electron chi connectivity index (χ3n) is 7.32. The summed E-state index contributed by atoms with van der Waals surface area (Å²) in [6, 6.07) is 5.33. The Morgan fingerprint density at radius 3 is 2.62 bits per heavy atom. The van der Waals surface area contributed by atoms with E-state index in [2.05, 4.69) is 26.9 Å². The van der Waals surface area contributed by atoms with E-state index in [0.29, 0.717) is 29.6 Å². The van der Waals surface area contributed by atoms with Gasteiger partial charge in [-0.3, -0.25) is 14.4 Å². The maximum absolute atomic E-state index is 13.7. The number of benzene rings is 1. The first-order valence-corrected chi connectivity index (χ1v) is 12.6. The van der Waals surface area contributed by atoms with Gasteiger partial charge < -0.3 is 25.7 Å². The van der Waals surface area contributed by atoms with Crippen LogP contribution in [0.5, 0.6) is 5.75 Å². The quantitative estimate of drug-likeness (QED) is 0.385. The number of rotatable bonds is 9. The van der Waals surface area contributed by atoms with E-state index in [9.17, 15) is 23.2 Å². The van der Waals surface area contributed by atoms with Gasteiger partial charge in [0.1, 0.15) is 17.5 Å². The van der Waals surface area contributed by atoms with Gasteiger partial charge in [0, 0.05) is 36.2 Å². The molecule has 1 aliphatic heterocycles. The molecule has 0 spiro atoms. The van der Waals surface area contributed by atoms with E-state index in [4.69, 9.17) is 11.2 Å². The highest BCUT2D eigenvalue weighted by Gasteiger charge is 2.37. The van der Waals surface area contributed by atoms with Crippen LogP contribution in [0.15, 0.2) is 24.3 Å². The number of H-pyrrole nitrogens is 1. The van der Waals surface area contributed by atoms with Crippen molar-refractivity contribution in [3.05, 3.63) is 30.0 Å². The van der Waals surface area contributed by atoms with Crippen molar-refractivity contribution in [1.82, 2.24) is 20.9 Å². The molecule has 2 aromatic rings. The Bertz CT molecular complexity index is 1190. The molecule has 0 radical (unpaired) electrons. The number of hydrogen-bond donors (Lipinski definition) is 4. The van der Waals surface area contributed by atoms with E-state index in [-0.39, 0.29) is 62.0 Å². The van der Waals surface area contributed by atoms with Crippen LogP contribution in [0.4, 0.5) is 8.78 Å². The van der Waals surface area contributed by atoms with E-state index in [1.807, 2.05) is 0 Å². The summed E-state index contributed by atoms with van der Waals surface area (Å²) in [4.78, 5) is 41.5. The molecule has 1 aromatic heterocycles. The van der Waals surface area contributed by atoms with Gasteiger partial charge in [-0.1, -0.05) is 12.0 Å². The molecule has 3 atom stereocenters. The Morgan fingerprint density at radius 2 is 1.97 bits per heavy atom. The summed E-state index contributed by atoms with van der Waals surface area (Å²) in [6.07, 6.45) is 6.79. The molecule has 2 heterocycles. The van der Waals surface area contributed by atoms with E-state index >= 15 is 0 Å². The summed E-state index contributed by atoms with van der Waals surface area (Å²) in [5, 5.41) is 9.01. The van der Waals surface area contributed by atoms with Crippen molar-refractivity contribution in [2.75, 3.05) is 13.7 Å². The standard InChI is InChI=1S/C27H32F2N4O4/c1-3-18(14-17-9-12-30-24(17)34)31-25(35)21(13-16-7-10-27(28,29)11-8-16)33-26(36)22-15-19-20(32-22)5-4-6-23(19)37-2/h1,4-6,15-18,21,32H,7-14H2,2H3,(H,30,34)(H,31,35)(H,33,36)/t17-,18+,21-/m0/s1. The lowest BCUT2D eigenvalue weighted by Gasteiger charge is -2.31. The topological polar surface area (TPSA) is 112 Å². The number of terminal acetylenes is 1. The highest BCUT2D eigenvalue weighted by atomic mass is 19.3. The molecule has 3 amide bonds. The first-order valence-electron chi connectivity index (χ1n) is 12.6. The second-order valence-electron chi connectivity index (χ2n) is 9.91. The average Bonchev–Trinajstić information content (AvgIpc) is 3.50. The zero-order valence-corrected chi connectivity index (χ0v) is 20.7. The summed E-state index contributed by atoms with van der Waals surface area (Å²) < 4.78 is 32.7. The number of hydrogen-bond acceptors (Lipinski definition) is 4. The number of nitrogens with one attached hydrogen (secondary N) is 4. The molecule has 1 saturated carbocycles. The Hall–Kier alpha value is -3.61. The molecular weight excluding hydrogens is 482 g/mol. The van der Waals surface area contributed by atoms with Gasteiger partial charge in [-0.25, -0.2) is 8.78 Å². The Kier molecular flexibility index (Phi) is 8.00. The average molecular weight is 515 g/mol. The number of halogens is 2. The predicted molar refractivity (Wildman–Crippen MR) is 134 cm³/mol. The summed E-state index contributed by atoms with van der Waals surface area (Å²) in [7, 11) is 1.53. The van der Waals surface area contributed by atoms with Crippen molar-refractivity contribution in [2.45, 2.75) is 63.0 Å². The fourth-order valence-corrected chi connectivity index (χ4v) is 5.16. The zero-order chi connectivity index (χ0) is 26.6. The van der Waals surface area contributed by atoms with Crippen LogP contribution >= 0.6 is 0 Å². The van der Waals surface area contributed by atoms with Crippen molar-refractivity contribution in [3.8, 4) is 18.1 Å². The third kappa shape index (κ3) is 6.40. The number of ether oxygens (including phenoxy) is 1. The van der Waals surface area contributed by atoms with Gasteiger partial charge in [0.25, 0.3) is 5.91 Å². The van der Waals surface area contributed by atoms with Crippen molar-refractivity contribution in [2.24, 2.45) is 11.8 Å². The third-order valence-corrected chi connectivity index (χ3v) is 7.32. The number of aromatic nitrogens is 1. The normalized spacial score (nSPS) is 21.0. The predicted octanol–water partition coefficient (Wildman–Crippen LogP) is 3.13. The van der Waals surface area contributed by atoms with Gasteiger partial charge in [0.15, 0.2) is 0 Å². The van der Waals surface area contributed by atoms with Crippen LogP contribution in [0.1, 0.15) is 55.4 Å². The summed E-state index contributed by atoms with van der Waals surface area (Å²) >= 11 is 0. The van der Waals surface area contributed by atoms with Gasteiger partial charge in [-0.15, -0.1) is 6.42 Å². The molecule has 198 valence electrons. The Morgan fingerprint density at radius 1 is 1.22 bits per heavy atom. The number of carbonyl (C=O) groups is 3. The fraction of sp³-hybridized carbons (Fsp3) is 0.519. The molecule has 0 bridgehead atoms. The maximum Gasteiger partial charge on any atom is 0.268 e. The first-order chi connectivity index (χ1) is 17.7. The SMILES string of the molecule is C#C[C@H](C[C@@H]1CCNC1=O)NC(=O)[C@H](CC1CCC(F)(F)CC1)NC(=O)c1cc2c(OC)cccc2[nH]1. The molecule has 1 saturated heterocycles. The van der Waals surface area contributed by atoms with Crippen LogP contribution in [-0.2, 0) is 9.59 Å². The van der Waals surface area contributed by atoms with Crippen molar-refractivity contribution < 1.29 is 27.9 Å². The number of amides is 3. The van der Waals surface area contributed by atoms with E-state index in [0.717, 1.165) is 0 Å². The number of alkyl halides is 2. The van der Waals surface area contributed by atoms with Gasteiger partial charge in [-0.2, -0.15) is 0 Å². The Balaban J connectivity index is 1.49. The molecule has 1 aliphatic carbocycles. The number of fused-ring (bicyclic) bond motifs is 1. The molecule has 2 fully saturated rings. The highest BCUT2D eigenvalue weighted by Crippen LogP contribution is 2.38. The van der Waals surface area contributed by atoms with Gasteiger partial charge in [0.05, 0.1) is 13.2 Å². The van der Waals surface area contributed by atoms with Gasteiger partial charge in [-0.05, 0) is 56.2 Å². The molecule has 10 heteroatoms. The molecule has 2 aliphatic rings. The molecule has 37 heavy (non-hydrogen) atoms. The molecule has 8 nitrogen and oxygen atoms in total. The van der Waals surface area contributed by atoms with E-state index in [1.165, 1.54) is 7.11 Å². The highest BCUT2D eigenvalue weighted by molar-refractivity contribution is 6.01. The van der Waals surface area contributed by atoms with Gasteiger partial charge >= 0.3 is 0 Å². The summed E-state index contributed by atoms with van der Waals surface area (Å²) in [5.41, 5.74) is 0.936. The van der Waals surface area contributed by atoms with Crippen molar-refractivity contribution >= 4 is 28.6 Å². The number of methoxy groups -OCH3 is 1. The van der Waals surface area contributed by atoms with Gasteiger partial charge in [0.2, 0.25) is 17.7 Å². The van der Waals surface area contributed by atoms with Crippen LogP contribution < -0.4 is 20.7 Å². The lowest BCUT2D eigenvalue weighted by Crippen LogP contribution is -2.51. The monoisotopic (exact) mass is 514 g/mol. The first kappa shape index (κ1) is 26.5. The zero-order valence-electron chi connectivity index (χ0n) is 20.7. The second kappa shape index (κ2) is 11.2. The van der Waals surface area contributed by atoms with Crippen molar-refractivity contribution in [3.63, 3.8) is 0 Å². The van der Waals surface area contributed by atoms with E-state index in [1.54, 1.807) is 24.3 Å². The lowest BCUT2D eigenvalue weighted by atomic mass is 9.82. The second-order valence-corrected chi connectivity index (χ2v) is 9.91. The molecule has 4 rings (SSSR count). The van der Waals surface area contributed by atoms with Crippen LogP contribution in [-0.4, -0.2) is 54.4 Å². The fourth-order valence-electron chi connectivity index (χ4n) is 5.16. The molecule has 0 unspecified atom stereocenters. The maximum atomic E-state index is 13.7. The summed E-state index contributed by atoms with van der Waals surface area (Å²) in [6.45, 7) is 0.565. The van der Waals surface area contributed by atoms with Crippen LogP contribution in [0.2, 0.25) is 0 Å². The number of carbonyl (C=O) groups excluding carboxylic acids is 3. The lowest BCUT2D eigenvalue weighted by molar-refractivity contribution is -0.125. The minimum Gasteiger partial charge on any atom is -0.496 e. The smallest absolute Gasteiger partial charge is 0.268 e. The largest absolute Gasteiger partial charge is 0.496 e. The van der Waals surface area contributed by atoms with Crippen LogP contribution in [0, 0.1) is 24.2 Å². The Labute approximate surface area is 214 Å². The number of aromatic amines is 1.